The van der Waals surface area contributed by atoms with Crippen molar-refractivity contribution in [3.8, 4) is 0 Å². The van der Waals surface area contributed by atoms with Crippen LogP contribution in [-0.2, 0) is 21.7 Å². The summed E-state index contributed by atoms with van der Waals surface area (Å²) in [6.07, 6.45) is 22.0. The van der Waals surface area contributed by atoms with Crippen LogP contribution in [0.4, 0.5) is 0 Å². The fourth-order valence-electron chi connectivity index (χ4n) is 0.680. The summed E-state index contributed by atoms with van der Waals surface area (Å²) in [5, 5.41) is 0. The summed E-state index contributed by atoms with van der Waals surface area (Å²) in [4.78, 5) is 0. The molecule has 1 radical (unpaired) electrons. The van der Waals surface area contributed by atoms with E-state index in [1.807, 2.05) is 44.6 Å². The summed E-state index contributed by atoms with van der Waals surface area (Å²) in [7, 11) is 0. The monoisotopic (exact) mass is 256 g/mol. The van der Waals surface area contributed by atoms with Crippen LogP contribution in [0.5, 0.6) is 0 Å². The molecule has 0 saturated carbocycles. The molecule has 0 heterocycles. The minimum atomic E-state index is 0. The zero-order chi connectivity index (χ0) is 9.78. The summed E-state index contributed by atoms with van der Waals surface area (Å²) in [6, 6.07) is 0. The van der Waals surface area contributed by atoms with Crippen LogP contribution in [0, 0.1) is 18.6 Å². The normalized spacial score (nSPS) is 12.9. The van der Waals surface area contributed by atoms with E-state index in [0.717, 1.165) is 12.8 Å². The molecule has 2 aliphatic rings. The fraction of sp³-hybridized carbons (Fsp3) is 0.308. The number of halogens is 1. The van der Waals surface area contributed by atoms with Crippen molar-refractivity contribution in [1.29, 1.82) is 0 Å². The molecule has 0 spiro atoms. The first kappa shape index (κ1) is 20.4. The van der Waals surface area contributed by atoms with Crippen molar-refractivity contribution in [3.63, 3.8) is 0 Å². The van der Waals surface area contributed by atoms with Crippen LogP contribution in [0.25, 0.3) is 0 Å². The molecule has 0 fully saturated rings. The van der Waals surface area contributed by atoms with Crippen LogP contribution in [0.1, 0.15) is 26.7 Å². The topological polar surface area (TPSA) is 0 Å². The van der Waals surface area contributed by atoms with Gasteiger partial charge in [0.25, 0.3) is 0 Å². The molecule has 0 nitrogen and oxygen atoms in total. The van der Waals surface area contributed by atoms with Gasteiger partial charge in [0.2, 0.25) is 0 Å². The van der Waals surface area contributed by atoms with Gasteiger partial charge in [-0.2, -0.15) is 26.0 Å². The van der Waals surface area contributed by atoms with E-state index in [9.17, 15) is 0 Å². The molecule has 0 atom stereocenters. The van der Waals surface area contributed by atoms with E-state index >= 15 is 0 Å². The molecule has 0 aliphatic heterocycles. The summed E-state index contributed by atoms with van der Waals surface area (Å²) < 4.78 is 0. The minimum absolute atomic E-state index is 0. The molecule has 0 N–H and O–H groups in total. The first-order valence-corrected chi connectivity index (χ1v) is 4.59. The smallest absolute Gasteiger partial charge is 1.00 e. The van der Waals surface area contributed by atoms with Gasteiger partial charge in [0, 0.05) is 0 Å². The average molecular weight is 257 g/mol. The molecule has 0 aromatic heterocycles. The third-order valence-corrected chi connectivity index (χ3v) is 1.17. The molecule has 0 unspecified atom stereocenters. The zero-order valence-electron chi connectivity index (χ0n) is 9.33. The number of hydrogen-bond donors (Lipinski definition) is 0. The third kappa shape index (κ3) is 20.1. The van der Waals surface area contributed by atoms with Crippen LogP contribution >= 0.6 is 0 Å². The van der Waals surface area contributed by atoms with Gasteiger partial charge in [-0.25, -0.2) is 24.3 Å². The predicted molar refractivity (Wildman–Crippen MR) is 58.8 cm³/mol. The Labute approximate surface area is 116 Å². The van der Waals surface area contributed by atoms with Gasteiger partial charge in [0.05, 0.1) is 0 Å². The van der Waals surface area contributed by atoms with Gasteiger partial charge in [-0.05, 0) is 0 Å². The Balaban J connectivity index is -0.000000140. The van der Waals surface area contributed by atoms with Crippen molar-refractivity contribution in [2.45, 2.75) is 26.7 Å². The molecule has 2 heteroatoms. The fourth-order valence-corrected chi connectivity index (χ4v) is 0.680. The number of allylic oxidation sites excluding steroid dienone is 8. The summed E-state index contributed by atoms with van der Waals surface area (Å²) in [5.41, 5.74) is 0. The van der Waals surface area contributed by atoms with E-state index in [-0.39, 0.29) is 34.1 Å². The van der Waals surface area contributed by atoms with Gasteiger partial charge in [0.15, 0.2) is 0 Å². The van der Waals surface area contributed by atoms with Crippen LogP contribution < -0.4 is 12.4 Å². The second-order valence-electron chi connectivity index (χ2n) is 2.58. The molecular weight excluding hydrogens is 239 g/mol. The maximum absolute atomic E-state index is 2.99. The molecule has 0 bridgehead atoms. The molecule has 2 rings (SSSR count). The van der Waals surface area contributed by atoms with Crippen molar-refractivity contribution in [3.05, 3.63) is 55.0 Å². The van der Waals surface area contributed by atoms with Crippen LogP contribution in [-0.4, -0.2) is 0 Å². The average Bonchev–Trinajstić information content (AvgIpc) is 2.85. The maximum atomic E-state index is 2.99. The zero-order valence-corrected chi connectivity index (χ0v) is 11.7. The molecule has 2 aliphatic carbocycles. The first-order chi connectivity index (χ1) is 6.41. The van der Waals surface area contributed by atoms with Gasteiger partial charge in [-0.1, -0.05) is 0 Å². The standard InChI is InChI=1S/2C5H5.C3H7.ClH.Ti/c2*1-2-4-5-3-1;1-3-2;;/h2*1-3H,4H2;3H,1-2H3;1H;/q3*-1;;+3/p-1. The van der Waals surface area contributed by atoms with E-state index < -0.39 is 0 Å². The molecular formula is C13H17ClTi-. The summed E-state index contributed by atoms with van der Waals surface area (Å²) in [5.74, 6) is 0. The molecule has 0 aromatic rings. The molecule has 81 valence electrons. The van der Waals surface area contributed by atoms with Crippen molar-refractivity contribution >= 4 is 0 Å². The van der Waals surface area contributed by atoms with Crippen LogP contribution in [0.2, 0.25) is 0 Å². The second kappa shape index (κ2) is 19.5. The van der Waals surface area contributed by atoms with Gasteiger partial charge in [0.1, 0.15) is 0 Å². The Morgan fingerprint density at radius 2 is 1.27 bits per heavy atom. The number of rotatable bonds is 0. The quantitative estimate of drug-likeness (QED) is 0.445. The van der Waals surface area contributed by atoms with Gasteiger partial charge in [-0.3, -0.25) is 12.2 Å². The molecule has 0 amide bonds. The predicted octanol–water partition coefficient (Wildman–Crippen LogP) is 0.843. The SMILES string of the molecule is C[CH-]C.[C-]1=CC=CC1.[C-]1=CC=CC1.[Cl-].[Ti+3]. The van der Waals surface area contributed by atoms with E-state index in [0.29, 0.717) is 0 Å². The Hall–Kier alpha value is -0.0357. The Morgan fingerprint density at radius 1 is 0.933 bits per heavy atom. The van der Waals surface area contributed by atoms with Crippen molar-refractivity contribution in [2.75, 3.05) is 0 Å². The van der Waals surface area contributed by atoms with E-state index in [1.54, 1.807) is 0 Å². The third-order valence-electron chi connectivity index (χ3n) is 1.17. The number of hydrogen-bond acceptors (Lipinski definition) is 0. The maximum Gasteiger partial charge on any atom is 3.00 e. The van der Waals surface area contributed by atoms with Gasteiger partial charge >= 0.3 is 21.7 Å². The Morgan fingerprint density at radius 3 is 1.33 bits per heavy atom. The van der Waals surface area contributed by atoms with E-state index in [4.69, 9.17) is 0 Å². The van der Waals surface area contributed by atoms with Crippen molar-refractivity contribution < 1.29 is 34.1 Å². The molecule has 0 aromatic carbocycles. The van der Waals surface area contributed by atoms with Crippen molar-refractivity contribution in [1.82, 2.24) is 0 Å². The Bertz CT molecular complexity index is 161. The van der Waals surface area contributed by atoms with Crippen LogP contribution in [0.15, 0.2) is 36.5 Å². The van der Waals surface area contributed by atoms with E-state index in [1.165, 1.54) is 0 Å². The van der Waals surface area contributed by atoms with Gasteiger partial charge in [-0.15, -0.1) is 12.8 Å². The molecule has 15 heavy (non-hydrogen) atoms. The summed E-state index contributed by atoms with van der Waals surface area (Å²) >= 11 is 0. The first-order valence-electron chi connectivity index (χ1n) is 4.59. The second-order valence-corrected chi connectivity index (χ2v) is 2.58. The van der Waals surface area contributed by atoms with Gasteiger partial charge < -0.3 is 18.8 Å². The largest absolute Gasteiger partial charge is 3.00 e. The van der Waals surface area contributed by atoms with E-state index in [2.05, 4.69) is 24.3 Å². The summed E-state index contributed by atoms with van der Waals surface area (Å²) in [6.45, 7) is 4.00. The minimum Gasteiger partial charge on any atom is -1.00 e. The molecule has 0 saturated heterocycles. The van der Waals surface area contributed by atoms with Crippen molar-refractivity contribution in [2.24, 2.45) is 0 Å². The van der Waals surface area contributed by atoms with Crippen LogP contribution in [0.3, 0.4) is 0 Å². The Kier molecular flexibility index (Phi) is 26.5.